The van der Waals surface area contributed by atoms with Crippen LogP contribution in [0.2, 0.25) is 0 Å². The highest BCUT2D eigenvalue weighted by Gasteiger charge is 2.22. The molecule has 0 saturated carbocycles. The van der Waals surface area contributed by atoms with Crippen LogP contribution in [0.15, 0.2) is 53.0 Å². The third-order valence-electron chi connectivity index (χ3n) is 3.10. The average molecular weight is 378 g/mol. The average Bonchev–Trinajstić information content (AvgIpc) is 2.53. The third kappa shape index (κ3) is 3.92. The van der Waals surface area contributed by atoms with Crippen LogP contribution in [0, 0.1) is 10.1 Å². The van der Waals surface area contributed by atoms with Crippen molar-refractivity contribution in [2.75, 3.05) is 0 Å². The number of rotatable bonds is 5. The SMILES string of the molecule is NC(=O)C(NC(=O)c1ccc(Br)c([N+](=O)[O-])c1)c1ccccc1. The molecule has 23 heavy (non-hydrogen) atoms. The summed E-state index contributed by atoms with van der Waals surface area (Å²) >= 11 is 3.04. The molecule has 0 heterocycles. The number of carbonyl (C=O) groups is 2. The van der Waals surface area contributed by atoms with E-state index in [-0.39, 0.29) is 15.7 Å². The standard InChI is InChI=1S/C15H12BrN3O4/c16-11-7-6-10(8-12(11)19(22)23)15(21)18-13(14(17)20)9-4-2-1-3-5-9/h1-8,13H,(H2,17,20)(H,18,21). The quantitative estimate of drug-likeness (QED) is 0.614. The van der Waals surface area contributed by atoms with Crippen molar-refractivity contribution >= 4 is 33.4 Å². The normalized spacial score (nSPS) is 11.5. The molecule has 118 valence electrons. The minimum atomic E-state index is -1.02. The first-order chi connectivity index (χ1) is 10.9. The molecule has 3 N–H and O–H groups in total. The highest BCUT2D eigenvalue weighted by atomic mass is 79.9. The largest absolute Gasteiger partial charge is 0.368 e. The number of nitrogens with zero attached hydrogens (tertiary/aromatic N) is 1. The fourth-order valence-corrected chi connectivity index (χ4v) is 2.36. The lowest BCUT2D eigenvalue weighted by Crippen LogP contribution is -2.37. The molecule has 0 radical (unpaired) electrons. The van der Waals surface area contributed by atoms with Crippen LogP contribution in [-0.2, 0) is 4.79 Å². The summed E-state index contributed by atoms with van der Waals surface area (Å²) in [5.74, 6) is -1.36. The fourth-order valence-electron chi connectivity index (χ4n) is 1.97. The summed E-state index contributed by atoms with van der Waals surface area (Å²) in [6.07, 6.45) is 0. The van der Waals surface area contributed by atoms with Gasteiger partial charge in [0, 0.05) is 11.6 Å². The number of nitrogens with two attached hydrogens (primary N) is 1. The molecule has 2 rings (SSSR count). The van der Waals surface area contributed by atoms with Gasteiger partial charge < -0.3 is 11.1 Å². The predicted octanol–water partition coefficient (Wildman–Crippen LogP) is 2.31. The van der Waals surface area contributed by atoms with Gasteiger partial charge in [0.05, 0.1) is 9.40 Å². The van der Waals surface area contributed by atoms with Gasteiger partial charge in [0.15, 0.2) is 0 Å². The van der Waals surface area contributed by atoms with Crippen LogP contribution in [-0.4, -0.2) is 16.7 Å². The van der Waals surface area contributed by atoms with Crippen molar-refractivity contribution in [1.29, 1.82) is 0 Å². The van der Waals surface area contributed by atoms with E-state index in [1.807, 2.05) is 0 Å². The highest BCUT2D eigenvalue weighted by molar-refractivity contribution is 9.10. The van der Waals surface area contributed by atoms with Crippen LogP contribution in [0.1, 0.15) is 22.0 Å². The van der Waals surface area contributed by atoms with Crippen molar-refractivity contribution in [3.8, 4) is 0 Å². The minimum Gasteiger partial charge on any atom is -0.368 e. The number of hydrogen-bond donors (Lipinski definition) is 2. The summed E-state index contributed by atoms with van der Waals surface area (Å²) in [5.41, 5.74) is 5.67. The molecule has 0 aliphatic carbocycles. The molecule has 2 amide bonds. The number of carbonyl (C=O) groups excluding carboxylic acids is 2. The zero-order valence-corrected chi connectivity index (χ0v) is 13.3. The van der Waals surface area contributed by atoms with Crippen LogP contribution >= 0.6 is 15.9 Å². The lowest BCUT2D eigenvalue weighted by molar-refractivity contribution is -0.385. The molecule has 8 heteroatoms. The number of benzene rings is 2. The lowest BCUT2D eigenvalue weighted by atomic mass is 10.1. The lowest BCUT2D eigenvalue weighted by Gasteiger charge is -2.16. The maximum atomic E-state index is 12.3. The van der Waals surface area contributed by atoms with Gasteiger partial charge in [0.25, 0.3) is 11.6 Å². The molecule has 1 atom stereocenters. The molecule has 0 aliphatic rings. The van der Waals surface area contributed by atoms with Crippen LogP contribution < -0.4 is 11.1 Å². The molecule has 0 aromatic heterocycles. The number of nitro groups is 1. The van der Waals surface area contributed by atoms with Crippen molar-refractivity contribution in [2.24, 2.45) is 5.73 Å². The van der Waals surface area contributed by atoms with Gasteiger partial charge in [0.2, 0.25) is 5.91 Å². The van der Waals surface area contributed by atoms with E-state index < -0.39 is 22.8 Å². The molecule has 2 aromatic rings. The van der Waals surface area contributed by atoms with Crippen LogP contribution in [0.4, 0.5) is 5.69 Å². The van der Waals surface area contributed by atoms with Crippen LogP contribution in [0.3, 0.4) is 0 Å². The maximum absolute atomic E-state index is 12.3. The van der Waals surface area contributed by atoms with Crippen LogP contribution in [0.5, 0.6) is 0 Å². The fraction of sp³-hybridized carbons (Fsp3) is 0.0667. The van der Waals surface area contributed by atoms with Gasteiger partial charge in [-0.05, 0) is 33.6 Å². The van der Waals surface area contributed by atoms with Gasteiger partial charge in [-0.15, -0.1) is 0 Å². The molecule has 0 aliphatic heterocycles. The van der Waals surface area contributed by atoms with Gasteiger partial charge in [-0.25, -0.2) is 0 Å². The highest BCUT2D eigenvalue weighted by Crippen LogP contribution is 2.26. The number of halogens is 1. The second-order valence-electron chi connectivity index (χ2n) is 4.64. The number of hydrogen-bond acceptors (Lipinski definition) is 4. The smallest absolute Gasteiger partial charge is 0.284 e. The van der Waals surface area contributed by atoms with Gasteiger partial charge in [-0.2, -0.15) is 0 Å². The molecule has 2 aromatic carbocycles. The van der Waals surface area contributed by atoms with Crippen molar-refractivity contribution in [2.45, 2.75) is 6.04 Å². The van der Waals surface area contributed by atoms with E-state index in [4.69, 9.17) is 5.73 Å². The molecule has 7 nitrogen and oxygen atoms in total. The van der Waals surface area contributed by atoms with Gasteiger partial charge in [0.1, 0.15) is 6.04 Å². The number of primary amides is 1. The topological polar surface area (TPSA) is 115 Å². The van der Waals surface area contributed by atoms with E-state index in [9.17, 15) is 19.7 Å². The van der Waals surface area contributed by atoms with Gasteiger partial charge >= 0.3 is 0 Å². The summed E-state index contributed by atoms with van der Waals surface area (Å²) in [5, 5.41) is 13.4. The van der Waals surface area contributed by atoms with Gasteiger partial charge in [-0.3, -0.25) is 19.7 Å². The molecule has 0 saturated heterocycles. The molecule has 0 fully saturated rings. The Balaban J connectivity index is 2.28. The Bertz CT molecular complexity index is 765. The van der Waals surface area contributed by atoms with E-state index in [1.54, 1.807) is 30.3 Å². The Labute approximate surface area is 139 Å². The van der Waals surface area contributed by atoms with Crippen molar-refractivity contribution in [1.82, 2.24) is 5.32 Å². The second-order valence-corrected chi connectivity index (χ2v) is 5.50. The Morgan fingerprint density at radius 1 is 1.17 bits per heavy atom. The zero-order valence-electron chi connectivity index (χ0n) is 11.7. The maximum Gasteiger partial charge on any atom is 0.284 e. The molecule has 1 unspecified atom stereocenters. The Hall–Kier alpha value is -2.74. The van der Waals surface area contributed by atoms with E-state index in [0.29, 0.717) is 5.56 Å². The second kappa shape index (κ2) is 7.01. The molecular formula is C15H12BrN3O4. The Kier molecular flexibility index (Phi) is 5.07. The van der Waals surface area contributed by atoms with Crippen molar-refractivity contribution in [3.05, 3.63) is 74.2 Å². The number of nitrogens with one attached hydrogen (secondary N) is 1. The van der Waals surface area contributed by atoms with Gasteiger partial charge in [-0.1, -0.05) is 30.3 Å². The summed E-state index contributed by atoms with van der Waals surface area (Å²) < 4.78 is 0.258. The molecule has 0 spiro atoms. The monoisotopic (exact) mass is 377 g/mol. The summed E-state index contributed by atoms with van der Waals surface area (Å²) in [6, 6.07) is 11.4. The predicted molar refractivity (Wildman–Crippen MR) is 86.6 cm³/mol. The van der Waals surface area contributed by atoms with E-state index in [0.717, 1.165) is 6.07 Å². The van der Waals surface area contributed by atoms with Crippen LogP contribution in [0.25, 0.3) is 0 Å². The number of nitro benzene ring substituents is 1. The molecule has 0 bridgehead atoms. The first-order valence-electron chi connectivity index (χ1n) is 6.49. The summed E-state index contributed by atoms with van der Waals surface area (Å²) in [4.78, 5) is 34.2. The van der Waals surface area contributed by atoms with Crippen molar-refractivity contribution < 1.29 is 14.5 Å². The molecular weight excluding hydrogens is 366 g/mol. The Morgan fingerprint density at radius 3 is 2.39 bits per heavy atom. The summed E-state index contributed by atoms with van der Waals surface area (Å²) in [7, 11) is 0. The van der Waals surface area contributed by atoms with E-state index in [2.05, 4.69) is 21.2 Å². The first kappa shape index (κ1) is 16.6. The van der Waals surface area contributed by atoms with E-state index in [1.165, 1.54) is 12.1 Å². The minimum absolute atomic E-state index is 0.0575. The zero-order chi connectivity index (χ0) is 17.0. The summed E-state index contributed by atoms with van der Waals surface area (Å²) in [6.45, 7) is 0. The Morgan fingerprint density at radius 2 is 1.83 bits per heavy atom. The first-order valence-corrected chi connectivity index (χ1v) is 7.28. The number of amides is 2. The van der Waals surface area contributed by atoms with E-state index >= 15 is 0 Å². The van der Waals surface area contributed by atoms with Crippen molar-refractivity contribution in [3.63, 3.8) is 0 Å². The third-order valence-corrected chi connectivity index (χ3v) is 3.77.